The number of nitrogens with zero attached hydrogens (tertiary/aromatic N) is 2. The van der Waals surface area contributed by atoms with Gasteiger partial charge < -0.3 is 10.2 Å². The molecule has 1 unspecified atom stereocenters. The van der Waals surface area contributed by atoms with E-state index in [0.29, 0.717) is 12.1 Å². The van der Waals surface area contributed by atoms with Crippen molar-refractivity contribution in [3.05, 3.63) is 70.5 Å². The topological polar surface area (TPSA) is 52.7 Å². The van der Waals surface area contributed by atoms with Gasteiger partial charge in [-0.2, -0.15) is 0 Å². The summed E-state index contributed by atoms with van der Waals surface area (Å²) in [5.41, 5.74) is 3.77. The van der Waals surface area contributed by atoms with Crippen molar-refractivity contribution in [2.24, 2.45) is 0 Å². The van der Waals surface area contributed by atoms with E-state index in [-0.39, 0.29) is 30.2 Å². The highest BCUT2D eigenvalue weighted by Crippen LogP contribution is 2.29. The van der Waals surface area contributed by atoms with E-state index in [1.165, 1.54) is 6.07 Å². The molecule has 0 spiro atoms. The minimum absolute atomic E-state index is 0.00563. The van der Waals surface area contributed by atoms with Gasteiger partial charge in [-0.05, 0) is 67.1 Å². The molecular weight excluding hydrogens is 381 g/mol. The van der Waals surface area contributed by atoms with E-state index in [9.17, 15) is 14.0 Å². The van der Waals surface area contributed by atoms with Crippen LogP contribution in [0.5, 0.6) is 0 Å². The Morgan fingerprint density at radius 1 is 1.07 bits per heavy atom. The maximum absolute atomic E-state index is 13.6. The van der Waals surface area contributed by atoms with E-state index in [1.54, 1.807) is 6.07 Å². The predicted octanol–water partition coefficient (Wildman–Crippen LogP) is 3.30. The second kappa shape index (κ2) is 8.96. The van der Waals surface area contributed by atoms with Gasteiger partial charge >= 0.3 is 0 Å². The number of carbonyl (C=O) groups excluding carboxylic acids is 2. The van der Waals surface area contributed by atoms with Crippen molar-refractivity contribution in [2.75, 3.05) is 26.2 Å². The third kappa shape index (κ3) is 4.54. The summed E-state index contributed by atoms with van der Waals surface area (Å²) < 4.78 is 13.6. The molecule has 0 radical (unpaired) electrons. The Hall–Kier alpha value is -2.73. The Kier molecular flexibility index (Phi) is 6.13. The monoisotopic (exact) mass is 409 g/mol. The molecule has 30 heavy (non-hydrogen) atoms. The zero-order chi connectivity index (χ0) is 21.1. The van der Waals surface area contributed by atoms with Crippen LogP contribution in [0.2, 0.25) is 0 Å². The molecule has 4 rings (SSSR count). The van der Waals surface area contributed by atoms with Gasteiger partial charge in [-0.15, -0.1) is 0 Å². The first-order valence-corrected chi connectivity index (χ1v) is 10.7. The molecule has 1 fully saturated rings. The number of hydrogen-bond donors (Lipinski definition) is 1. The van der Waals surface area contributed by atoms with Gasteiger partial charge in [-0.25, -0.2) is 4.39 Å². The number of amides is 2. The van der Waals surface area contributed by atoms with Gasteiger partial charge in [-0.3, -0.25) is 14.5 Å². The van der Waals surface area contributed by atoms with E-state index >= 15 is 0 Å². The number of fused-ring (bicyclic) bond motifs is 1. The fraction of sp³-hybridized carbons (Fsp3) is 0.417. The Bertz CT molecular complexity index is 923. The fourth-order valence-electron chi connectivity index (χ4n) is 4.36. The molecule has 2 amide bonds. The van der Waals surface area contributed by atoms with Crippen LogP contribution in [0.25, 0.3) is 0 Å². The van der Waals surface area contributed by atoms with Crippen LogP contribution in [0.3, 0.4) is 0 Å². The van der Waals surface area contributed by atoms with Crippen LogP contribution < -0.4 is 5.32 Å². The highest BCUT2D eigenvalue weighted by molar-refractivity contribution is 5.94. The smallest absolute Gasteiger partial charge is 0.253 e. The van der Waals surface area contributed by atoms with Crippen LogP contribution in [0.1, 0.15) is 52.9 Å². The van der Waals surface area contributed by atoms with Crippen molar-refractivity contribution in [1.29, 1.82) is 0 Å². The van der Waals surface area contributed by atoms with Crippen molar-refractivity contribution < 1.29 is 14.0 Å². The lowest BCUT2D eigenvalue weighted by molar-refractivity contribution is -0.123. The number of hydrogen-bond acceptors (Lipinski definition) is 3. The van der Waals surface area contributed by atoms with Crippen LogP contribution in [-0.2, 0) is 17.8 Å². The van der Waals surface area contributed by atoms with E-state index in [1.807, 2.05) is 42.2 Å². The Morgan fingerprint density at radius 3 is 2.53 bits per heavy atom. The van der Waals surface area contributed by atoms with Crippen molar-refractivity contribution in [3.63, 3.8) is 0 Å². The largest absolute Gasteiger partial charge is 0.351 e. The summed E-state index contributed by atoms with van der Waals surface area (Å²) in [7, 11) is 0. The normalized spacial score (nSPS) is 18.9. The van der Waals surface area contributed by atoms with Crippen LogP contribution in [0, 0.1) is 5.82 Å². The van der Waals surface area contributed by atoms with Gasteiger partial charge in [0.15, 0.2) is 0 Å². The predicted molar refractivity (Wildman–Crippen MR) is 114 cm³/mol. The van der Waals surface area contributed by atoms with Crippen molar-refractivity contribution in [3.8, 4) is 0 Å². The van der Waals surface area contributed by atoms with E-state index in [4.69, 9.17) is 0 Å². The zero-order valence-electron chi connectivity index (χ0n) is 17.4. The molecule has 2 aromatic rings. The summed E-state index contributed by atoms with van der Waals surface area (Å²) in [5.74, 6) is -0.212. The second-order valence-corrected chi connectivity index (χ2v) is 8.21. The standard InChI is InChI=1S/C24H28FN3O2/c1-17-22-14-21(25)9-8-19(22)10-13-28(17)16-23(29)26-15-18-4-6-20(7-5-18)24(30)27-11-2-3-12-27/h4-9,14,17H,2-3,10-13,15-16H2,1H3,(H,26,29). The highest BCUT2D eigenvalue weighted by atomic mass is 19.1. The maximum Gasteiger partial charge on any atom is 0.253 e. The number of likely N-dealkylation sites (tertiary alicyclic amines) is 1. The molecule has 5 nitrogen and oxygen atoms in total. The number of carbonyl (C=O) groups is 2. The van der Waals surface area contributed by atoms with Crippen molar-refractivity contribution in [2.45, 2.75) is 38.8 Å². The quantitative estimate of drug-likeness (QED) is 0.825. The summed E-state index contributed by atoms with van der Waals surface area (Å²) >= 11 is 0. The van der Waals surface area contributed by atoms with Crippen molar-refractivity contribution >= 4 is 11.8 Å². The minimum atomic E-state index is -0.237. The third-order valence-electron chi connectivity index (χ3n) is 6.20. The number of benzene rings is 2. The number of nitrogens with one attached hydrogen (secondary N) is 1. The average Bonchev–Trinajstić information content (AvgIpc) is 3.29. The van der Waals surface area contributed by atoms with Crippen LogP contribution >= 0.6 is 0 Å². The molecule has 0 aromatic heterocycles. The lowest BCUT2D eigenvalue weighted by Crippen LogP contribution is -2.41. The molecule has 2 aliphatic heterocycles. The lowest BCUT2D eigenvalue weighted by atomic mass is 9.93. The van der Waals surface area contributed by atoms with E-state index in [2.05, 4.69) is 10.2 Å². The highest BCUT2D eigenvalue weighted by Gasteiger charge is 2.25. The molecule has 2 heterocycles. The molecule has 2 aliphatic rings. The zero-order valence-corrected chi connectivity index (χ0v) is 17.4. The average molecular weight is 410 g/mol. The molecule has 2 aromatic carbocycles. The number of rotatable bonds is 5. The lowest BCUT2D eigenvalue weighted by Gasteiger charge is -2.34. The summed E-state index contributed by atoms with van der Waals surface area (Å²) in [4.78, 5) is 28.9. The molecule has 0 aliphatic carbocycles. The van der Waals surface area contributed by atoms with E-state index in [0.717, 1.165) is 55.6 Å². The van der Waals surface area contributed by atoms with Gasteiger partial charge in [0.1, 0.15) is 5.82 Å². The maximum atomic E-state index is 13.6. The Balaban J connectivity index is 1.29. The van der Waals surface area contributed by atoms with Crippen LogP contribution in [0.4, 0.5) is 4.39 Å². The third-order valence-corrected chi connectivity index (χ3v) is 6.20. The molecule has 6 heteroatoms. The summed E-state index contributed by atoms with van der Waals surface area (Å²) in [6, 6.07) is 12.4. The summed E-state index contributed by atoms with van der Waals surface area (Å²) in [5, 5.41) is 2.96. The van der Waals surface area contributed by atoms with E-state index < -0.39 is 0 Å². The molecule has 0 bridgehead atoms. The molecule has 1 N–H and O–H groups in total. The SMILES string of the molecule is CC1c2cc(F)ccc2CCN1CC(=O)NCc1ccc(C(=O)N2CCCC2)cc1. The molecule has 0 saturated carbocycles. The Labute approximate surface area is 176 Å². The first kappa shape index (κ1) is 20.5. The van der Waals surface area contributed by atoms with Gasteiger partial charge in [0.25, 0.3) is 5.91 Å². The summed E-state index contributed by atoms with van der Waals surface area (Å²) in [6.07, 6.45) is 2.97. The molecule has 158 valence electrons. The van der Waals surface area contributed by atoms with Crippen molar-refractivity contribution in [1.82, 2.24) is 15.1 Å². The first-order chi connectivity index (χ1) is 14.5. The molecular formula is C24H28FN3O2. The molecule has 1 atom stereocenters. The molecule has 1 saturated heterocycles. The van der Waals surface area contributed by atoms with Gasteiger partial charge in [-0.1, -0.05) is 18.2 Å². The fourth-order valence-corrected chi connectivity index (χ4v) is 4.36. The van der Waals surface area contributed by atoms with Gasteiger partial charge in [0.05, 0.1) is 6.54 Å². The van der Waals surface area contributed by atoms with Crippen LogP contribution in [0.15, 0.2) is 42.5 Å². The Morgan fingerprint density at radius 2 is 1.80 bits per heavy atom. The van der Waals surface area contributed by atoms with Gasteiger partial charge in [0, 0.05) is 37.8 Å². The van der Waals surface area contributed by atoms with Gasteiger partial charge in [0.2, 0.25) is 5.91 Å². The number of halogens is 1. The van der Waals surface area contributed by atoms with Crippen LogP contribution in [-0.4, -0.2) is 47.8 Å². The minimum Gasteiger partial charge on any atom is -0.351 e. The second-order valence-electron chi connectivity index (χ2n) is 8.21. The summed E-state index contributed by atoms with van der Waals surface area (Å²) in [6.45, 7) is 5.17. The first-order valence-electron chi connectivity index (χ1n) is 10.7.